The van der Waals surface area contributed by atoms with Crippen molar-refractivity contribution in [3.05, 3.63) is 29.8 Å². The predicted octanol–water partition coefficient (Wildman–Crippen LogP) is 2.94. The third-order valence-corrected chi connectivity index (χ3v) is 2.77. The Hall–Kier alpha value is -2.17. The number of hydrazone groups is 1. The van der Waals surface area contributed by atoms with Crippen molar-refractivity contribution < 1.29 is 9.59 Å². The van der Waals surface area contributed by atoms with Crippen molar-refractivity contribution >= 4 is 23.2 Å². The molecule has 0 saturated carbocycles. The molecule has 0 aliphatic carbocycles. The van der Waals surface area contributed by atoms with Crippen LogP contribution in [-0.4, -0.2) is 17.5 Å². The molecule has 0 atom stereocenters. The monoisotopic (exact) mass is 275 g/mol. The number of amides is 2. The average molecular weight is 275 g/mol. The van der Waals surface area contributed by atoms with Gasteiger partial charge in [-0.1, -0.05) is 13.8 Å². The molecule has 108 valence electrons. The van der Waals surface area contributed by atoms with E-state index in [9.17, 15) is 9.59 Å². The van der Waals surface area contributed by atoms with Crippen LogP contribution in [0.5, 0.6) is 0 Å². The number of carbonyl (C=O) groups is 2. The Labute approximate surface area is 119 Å². The summed E-state index contributed by atoms with van der Waals surface area (Å²) in [6.45, 7) is 5.78. The Morgan fingerprint density at radius 3 is 2.35 bits per heavy atom. The third kappa shape index (κ3) is 5.22. The minimum atomic E-state index is -0.260. The van der Waals surface area contributed by atoms with E-state index in [2.05, 4.69) is 15.8 Å². The number of nitrogens with zero attached hydrogens (tertiary/aromatic N) is 1. The standard InChI is InChI=1S/C15H21N3O2/c1-4-6-14(19)16-13-9-7-12(8-10-13)15(20)18-17-11(3)5-2/h7-10H,4-6H2,1-3H3,(H,16,19)(H,18,20)/b17-11-. The molecular formula is C15H21N3O2. The average Bonchev–Trinajstić information content (AvgIpc) is 2.45. The van der Waals surface area contributed by atoms with Crippen LogP contribution >= 0.6 is 0 Å². The van der Waals surface area contributed by atoms with Gasteiger partial charge in [0.2, 0.25) is 5.91 Å². The fraction of sp³-hybridized carbons (Fsp3) is 0.400. The zero-order chi connectivity index (χ0) is 15.0. The molecule has 0 aliphatic heterocycles. The van der Waals surface area contributed by atoms with Gasteiger partial charge in [0.25, 0.3) is 5.91 Å². The van der Waals surface area contributed by atoms with Gasteiger partial charge in [-0.25, -0.2) is 5.43 Å². The quantitative estimate of drug-likeness (QED) is 0.619. The van der Waals surface area contributed by atoms with E-state index in [1.807, 2.05) is 20.8 Å². The second-order valence-electron chi connectivity index (χ2n) is 4.52. The van der Waals surface area contributed by atoms with Gasteiger partial charge >= 0.3 is 0 Å². The van der Waals surface area contributed by atoms with Crippen LogP contribution < -0.4 is 10.7 Å². The van der Waals surface area contributed by atoms with Crippen molar-refractivity contribution in [2.24, 2.45) is 5.10 Å². The van der Waals surface area contributed by atoms with Crippen molar-refractivity contribution in [2.45, 2.75) is 40.0 Å². The van der Waals surface area contributed by atoms with Gasteiger partial charge in [-0.05, 0) is 44.0 Å². The Kier molecular flexibility index (Phi) is 6.43. The molecule has 0 radical (unpaired) electrons. The van der Waals surface area contributed by atoms with Gasteiger partial charge in [-0.2, -0.15) is 5.10 Å². The van der Waals surface area contributed by atoms with E-state index in [1.54, 1.807) is 24.3 Å². The lowest BCUT2D eigenvalue weighted by molar-refractivity contribution is -0.116. The SMILES string of the molecule is CCCC(=O)Nc1ccc(C(=O)N/N=C(/C)CC)cc1. The molecule has 2 amide bonds. The van der Waals surface area contributed by atoms with Crippen LogP contribution in [0.4, 0.5) is 5.69 Å². The van der Waals surface area contributed by atoms with Crippen molar-refractivity contribution in [3.63, 3.8) is 0 Å². The van der Waals surface area contributed by atoms with Crippen LogP contribution in [0.2, 0.25) is 0 Å². The highest BCUT2D eigenvalue weighted by molar-refractivity contribution is 5.96. The Morgan fingerprint density at radius 2 is 1.80 bits per heavy atom. The Bertz CT molecular complexity index is 492. The van der Waals surface area contributed by atoms with E-state index < -0.39 is 0 Å². The van der Waals surface area contributed by atoms with E-state index in [-0.39, 0.29) is 11.8 Å². The zero-order valence-corrected chi connectivity index (χ0v) is 12.2. The van der Waals surface area contributed by atoms with Crippen LogP contribution in [0.25, 0.3) is 0 Å². The van der Waals surface area contributed by atoms with E-state index in [4.69, 9.17) is 0 Å². The Balaban J connectivity index is 2.62. The number of hydrogen-bond acceptors (Lipinski definition) is 3. The summed E-state index contributed by atoms with van der Waals surface area (Å²) in [5.41, 5.74) is 4.55. The van der Waals surface area contributed by atoms with Gasteiger partial charge in [0.1, 0.15) is 0 Å². The molecule has 0 spiro atoms. The fourth-order valence-electron chi connectivity index (χ4n) is 1.45. The highest BCUT2D eigenvalue weighted by Gasteiger charge is 2.05. The highest BCUT2D eigenvalue weighted by atomic mass is 16.2. The molecule has 0 fully saturated rings. The lowest BCUT2D eigenvalue weighted by Gasteiger charge is -2.05. The lowest BCUT2D eigenvalue weighted by atomic mass is 10.2. The molecule has 0 aliphatic rings. The lowest BCUT2D eigenvalue weighted by Crippen LogP contribution is -2.19. The molecule has 0 unspecified atom stereocenters. The molecule has 1 aromatic carbocycles. The van der Waals surface area contributed by atoms with Gasteiger partial charge in [0, 0.05) is 23.4 Å². The summed E-state index contributed by atoms with van der Waals surface area (Å²) in [4.78, 5) is 23.2. The number of carbonyl (C=O) groups excluding carboxylic acids is 2. The van der Waals surface area contributed by atoms with Gasteiger partial charge in [-0.15, -0.1) is 0 Å². The molecule has 5 nitrogen and oxygen atoms in total. The first kappa shape index (κ1) is 15.9. The molecule has 0 aromatic heterocycles. The van der Waals surface area contributed by atoms with Crippen LogP contribution in [-0.2, 0) is 4.79 Å². The molecule has 1 rings (SSSR count). The number of anilines is 1. The summed E-state index contributed by atoms with van der Waals surface area (Å²) in [6, 6.07) is 6.74. The van der Waals surface area contributed by atoms with E-state index >= 15 is 0 Å². The summed E-state index contributed by atoms with van der Waals surface area (Å²) in [6.07, 6.45) is 2.09. The van der Waals surface area contributed by atoms with Crippen LogP contribution in [0.15, 0.2) is 29.4 Å². The van der Waals surface area contributed by atoms with Gasteiger partial charge in [0.15, 0.2) is 0 Å². The molecule has 1 aromatic rings. The summed E-state index contributed by atoms with van der Waals surface area (Å²) >= 11 is 0. The maximum Gasteiger partial charge on any atom is 0.271 e. The first-order valence-corrected chi connectivity index (χ1v) is 6.80. The maximum atomic E-state index is 11.8. The van der Waals surface area contributed by atoms with Gasteiger partial charge < -0.3 is 5.32 Å². The van der Waals surface area contributed by atoms with Crippen molar-refractivity contribution in [1.29, 1.82) is 0 Å². The van der Waals surface area contributed by atoms with Crippen LogP contribution in [0, 0.1) is 0 Å². The fourth-order valence-corrected chi connectivity index (χ4v) is 1.45. The first-order chi connectivity index (χ1) is 9.56. The van der Waals surface area contributed by atoms with Crippen molar-refractivity contribution in [3.8, 4) is 0 Å². The molecule has 20 heavy (non-hydrogen) atoms. The van der Waals surface area contributed by atoms with E-state index in [0.29, 0.717) is 17.7 Å². The minimum Gasteiger partial charge on any atom is -0.326 e. The van der Waals surface area contributed by atoms with Crippen molar-refractivity contribution in [2.75, 3.05) is 5.32 Å². The summed E-state index contributed by atoms with van der Waals surface area (Å²) in [5.74, 6) is -0.280. The first-order valence-electron chi connectivity index (χ1n) is 6.80. The van der Waals surface area contributed by atoms with E-state index in [0.717, 1.165) is 18.6 Å². The third-order valence-electron chi connectivity index (χ3n) is 2.77. The van der Waals surface area contributed by atoms with Crippen LogP contribution in [0.3, 0.4) is 0 Å². The topological polar surface area (TPSA) is 70.6 Å². The Morgan fingerprint density at radius 1 is 1.15 bits per heavy atom. The summed E-state index contributed by atoms with van der Waals surface area (Å²) in [7, 11) is 0. The maximum absolute atomic E-state index is 11.8. The molecular weight excluding hydrogens is 254 g/mol. The van der Waals surface area contributed by atoms with Gasteiger partial charge in [0.05, 0.1) is 0 Å². The van der Waals surface area contributed by atoms with Gasteiger partial charge in [-0.3, -0.25) is 9.59 Å². The van der Waals surface area contributed by atoms with Crippen molar-refractivity contribution in [1.82, 2.24) is 5.43 Å². The van der Waals surface area contributed by atoms with Crippen LogP contribution in [0.1, 0.15) is 50.4 Å². The molecule has 0 heterocycles. The molecule has 0 saturated heterocycles. The number of benzene rings is 1. The second kappa shape index (κ2) is 8.09. The smallest absolute Gasteiger partial charge is 0.271 e. The predicted molar refractivity (Wildman–Crippen MR) is 80.8 cm³/mol. The number of nitrogens with one attached hydrogen (secondary N) is 2. The molecule has 5 heteroatoms. The summed E-state index contributed by atoms with van der Waals surface area (Å²) in [5, 5.41) is 6.73. The minimum absolute atomic E-state index is 0.0205. The molecule has 2 N–H and O–H groups in total. The summed E-state index contributed by atoms with van der Waals surface area (Å²) < 4.78 is 0. The largest absolute Gasteiger partial charge is 0.326 e. The van der Waals surface area contributed by atoms with E-state index in [1.165, 1.54) is 0 Å². The second-order valence-corrected chi connectivity index (χ2v) is 4.52. The normalized spacial score (nSPS) is 11.1. The number of hydrogen-bond donors (Lipinski definition) is 2. The highest BCUT2D eigenvalue weighted by Crippen LogP contribution is 2.10. The zero-order valence-electron chi connectivity index (χ0n) is 12.2. The number of rotatable bonds is 6. The molecule has 0 bridgehead atoms.